The molecule has 0 amide bonds. The summed E-state index contributed by atoms with van der Waals surface area (Å²) in [5.74, 6) is 0.343. The molecule has 254 valence electrons. The summed E-state index contributed by atoms with van der Waals surface area (Å²) < 4.78 is 68.4. The molecular formula is C35H40N4O7S2. The van der Waals surface area contributed by atoms with Crippen LogP contribution < -0.4 is 14.8 Å². The van der Waals surface area contributed by atoms with Crippen molar-refractivity contribution in [2.24, 2.45) is 0 Å². The van der Waals surface area contributed by atoms with Gasteiger partial charge in [-0.3, -0.25) is 4.98 Å². The molecule has 1 spiro atoms. The average molecular weight is 693 g/mol. The fourth-order valence-electron chi connectivity index (χ4n) is 6.42. The number of nitrogens with one attached hydrogen (secondary N) is 2. The SMILES string of the molecule is CNS(=O)(=O)c1cccc(OC[C@@H](O)CNC2COC3(CCN(S(=O)(=O)c4cccc(-c5ccncc5)c4-c4ccccc4)CC3)C2)c1. The first-order chi connectivity index (χ1) is 23.1. The van der Waals surface area contributed by atoms with Crippen LogP contribution in [-0.4, -0.2) is 88.9 Å². The standard InChI is InChI=1S/C35H40N4O7S2/c1-36-47(41,42)31-10-5-9-30(21-31)45-25-29(40)23-38-28-22-35(46-24-28)15-19-39(20-16-35)48(43,44)33-12-6-11-32(26-13-17-37-18-14-26)34(33)27-7-3-2-4-8-27/h2-14,17-18,21,28-29,36,38,40H,15-16,19-20,22-25H2,1H3/t28?,29-/m0/s1. The van der Waals surface area contributed by atoms with Gasteiger partial charge in [0.2, 0.25) is 20.0 Å². The maximum absolute atomic E-state index is 14.2. The molecule has 2 aliphatic rings. The van der Waals surface area contributed by atoms with E-state index in [0.29, 0.717) is 50.3 Å². The molecule has 13 heteroatoms. The average Bonchev–Trinajstić information content (AvgIpc) is 3.52. The van der Waals surface area contributed by atoms with E-state index in [-0.39, 0.29) is 29.0 Å². The Balaban J connectivity index is 1.07. The topological polar surface area (TPSA) is 147 Å². The normalized spacial score (nSPS) is 18.9. The third-order valence-corrected chi connectivity index (χ3v) is 12.4. The van der Waals surface area contributed by atoms with Gasteiger partial charge < -0.3 is 19.9 Å². The highest BCUT2D eigenvalue weighted by molar-refractivity contribution is 7.89. The van der Waals surface area contributed by atoms with Gasteiger partial charge in [-0.2, -0.15) is 4.31 Å². The zero-order valence-electron chi connectivity index (χ0n) is 26.7. The van der Waals surface area contributed by atoms with Crippen LogP contribution in [0.2, 0.25) is 0 Å². The van der Waals surface area contributed by atoms with Crippen LogP contribution in [-0.2, 0) is 24.8 Å². The summed E-state index contributed by atoms with van der Waals surface area (Å²) in [6.45, 7) is 1.36. The summed E-state index contributed by atoms with van der Waals surface area (Å²) in [5, 5.41) is 13.9. The molecular weight excluding hydrogens is 653 g/mol. The molecule has 4 aromatic rings. The highest BCUT2D eigenvalue weighted by Crippen LogP contribution is 2.41. The molecule has 2 atom stereocenters. The van der Waals surface area contributed by atoms with Crippen molar-refractivity contribution >= 4 is 20.0 Å². The number of hydrogen-bond acceptors (Lipinski definition) is 9. The second kappa shape index (κ2) is 14.4. The van der Waals surface area contributed by atoms with Crippen molar-refractivity contribution in [1.82, 2.24) is 19.3 Å². The number of rotatable bonds is 12. The predicted molar refractivity (Wildman–Crippen MR) is 182 cm³/mol. The van der Waals surface area contributed by atoms with Crippen molar-refractivity contribution in [3.8, 4) is 28.0 Å². The first kappa shape index (κ1) is 34.2. The largest absolute Gasteiger partial charge is 0.491 e. The van der Waals surface area contributed by atoms with E-state index in [1.807, 2.05) is 48.5 Å². The van der Waals surface area contributed by atoms with E-state index in [4.69, 9.17) is 9.47 Å². The van der Waals surface area contributed by atoms with Gasteiger partial charge in [-0.1, -0.05) is 48.5 Å². The van der Waals surface area contributed by atoms with Gasteiger partial charge in [0.1, 0.15) is 18.5 Å². The first-order valence-corrected chi connectivity index (χ1v) is 18.8. The van der Waals surface area contributed by atoms with Gasteiger partial charge in [0.25, 0.3) is 0 Å². The van der Waals surface area contributed by atoms with E-state index < -0.39 is 31.8 Å². The Morgan fingerprint density at radius 1 is 0.958 bits per heavy atom. The van der Waals surface area contributed by atoms with Crippen molar-refractivity contribution in [3.05, 3.63) is 97.3 Å². The smallest absolute Gasteiger partial charge is 0.243 e. The maximum atomic E-state index is 14.2. The molecule has 2 saturated heterocycles. The minimum Gasteiger partial charge on any atom is -0.491 e. The second-order valence-electron chi connectivity index (χ2n) is 12.1. The third-order valence-electron chi connectivity index (χ3n) is 9.01. The van der Waals surface area contributed by atoms with Crippen molar-refractivity contribution in [3.63, 3.8) is 0 Å². The van der Waals surface area contributed by atoms with E-state index in [1.54, 1.807) is 41.0 Å². The van der Waals surface area contributed by atoms with Crippen molar-refractivity contribution in [2.75, 3.05) is 39.9 Å². The van der Waals surface area contributed by atoms with E-state index >= 15 is 0 Å². The zero-order valence-corrected chi connectivity index (χ0v) is 28.3. The molecule has 3 N–H and O–H groups in total. The predicted octanol–water partition coefficient (Wildman–Crippen LogP) is 3.67. The molecule has 2 fully saturated rings. The molecule has 3 aromatic carbocycles. The van der Waals surface area contributed by atoms with Gasteiger partial charge in [-0.15, -0.1) is 0 Å². The summed E-state index contributed by atoms with van der Waals surface area (Å²) >= 11 is 0. The number of aromatic nitrogens is 1. The van der Waals surface area contributed by atoms with Gasteiger partial charge in [-0.05, 0) is 73.3 Å². The number of piperidine rings is 1. The van der Waals surface area contributed by atoms with E-state index in [9.17, 15) is 21.9 Å². The van der Waals surface area contributed by atoms with Crippen LogP contribution in [0.1, 0.15) is 19.3 Å². The Morgan fingerprint density at radius 3 is 2.42 bits per heavy atom. The van der Waals surface area contributed by atoms with Crippen molar-refractivity contribution < 1.29 is 31.4 Å². The molecule has 48 heavy (non-hydrogen) atoms. The molecule has 0 radical (unpaired) electrons. The van der Waals surface area contributed by atoms with Crippen LogP contribution in [0.4, 0.5) is 0 Å². The summed E-state index contributed by atoms with van der Waals surface area (Å²) in [5.41, 5.74) is 2.78. The Bertz CT molecular complexity index is 1920. The maximum Gasteiger partial charge on any atom is 0.243 e. The summed E-state index contributed by atoms with van der Waals surface area (Å²) in [6, 6.07) is 24.9. The lowest BCUT2D eigenvalue weighted by molar-refractivity contribution is -0.0312. The number of aliphatic hydroxyl groups excluding tert-OH is 1. The monoisotopic (exact) mass is 692 g/mol. The molecule has 0 saturated carbocycles. The zero-order chi connectivity index (χ0) is 33.8. The molecule has 0 bridgehead atoms. The van der Waals surface area contributed by atoms with Gasteiger partial charge in [-0.25, -0.2) is 21.6 Å². The fourth-order valence-corrected chi connectivity index (χ4v) is 8.86. The molecule has 11 nitrogen and oxygen atoms in total. The minimum absolute atomic E-state index is 0.00589. The third kappa shape index (κ3) is 7.47. The number of ether oxygens (including phenoxy) is 2. The van der Waals surface area contributed by atoms with Crippen LogP contribution in [0, 0.1) is 0 Å². The highest BCUT2D eigenvalue weighted by atomic mass is 32.2. The summed E-state index contributed by atoms with van der Waals surface area (Å²) in [7, 11) is -6.10. The van der Waals surface area contributed by atoms with Gasteiger partial charge >= 0.3 is 0 Å². The van der Waals surface area contributed by atoms with Crippen molar-refractivity contribution in [2.45, 2.75) is 46.8 Å². The van der Waals surface area contributed by atoms with Gasteiger partial charge in [0, 0.05) is 49.7 Å². The molecule has 1 aromatic heterocycles. The Kier molecular flexibility index (Phi) is 10.3. The number of aliphatic hydroxyl groups is 1. The number of benzene rings is 3. The van der Waals surface area contributed by atoms with Gasteiger partial charge in [0.15, 0.2) is 0 Å². The number of hydrogen-bond donors (Lipinski definition) is 3. The summed E-state index contributed by atoms with van der Waals surface area (Å²) in [4.78, 5) is 4.49. The lowest BCUT2D eigenvalue weighted by Gasteiger charge is -2.38. The van der Waals surface area contributed by atoms with Crippen LogP contribution in [0.5, 0.6) is 5.75 Å². The van der Waals surface area contributed by atoms with Crippen LogP contribution in [0.15, 0.2) is 107 Å². The number of pyridine rings is 1. The second-order valence-corrected chi connectivity index (χ2v) is 15.9. The van der Waals surface area contributed by atoms with E-state index in [1.165, 1.54) is 19.2 Å². The number of sulfonamides is 2. The summed E-state index contributed by atoms with van der Waals surface area (Å²) in [6.07, 6.45) is 4.40. The Morgan fingerprint density at radius 2 is 1.69 bits per heavy atom. The Hall–Kier alpha value is -3.69. The van der Waals surface area contributed by atoms with E-state index in [2.05, 4.69) is 15.0 Å². The number of nitrogens with zero attached hydrogens (tertiary/aromatic N) is 2. The fraction of sp³-hybridized carbons (Fsp3) is 0.343. The molecule has 2 aliphatic heterocycles. The Labute approximate surface area is 282 Å². The lowest BCUT2D eigenvalue weighted by atomic mass is 9.88. The molecule has 3 heterocycles. The lowest BCUT2D eigenvalue weighted by Crippen LogP contribution is -2.47. The van der Waals surface area contributed by atoms with E-state index in [0.717, 1.165) is 16.7 Å². The highest BCUT2D eigenvalue weighted by Gasteiger charge is 2.45. The minimum atomic E-state index is -3.83. The van der Waals surface area contributed by atoms with Crippen LogP contribution >= 0.6 is 0 Å². The van der Waals surface area contributed by atoms with Crippen molar-refractivity contribution in [1.29, 1.82) is 0 Å². The molecule has 6 rings (SSSR count). The first-order valence-electron chi connectivity index (χ1n) is 15.9. The van der Waals surface area contributed by atoms with Crippen LogP contribution in [0.3, 0.4) is 0 Å². The van der Waals surface area contributed by atoms with Crippen LogP contribution in [0.25, 0.3) is 22.3 Å². The molecule has 1 unspecified atom stereocenters. The van der Waals surface area contributed by atoms with Gasteiger partial charge in [0.05, 0.1) is 22.0 Å². The quantitative estimate of drug-likeness (QED) is 0.202. The molecule has 0 aliphatic carbocycles.